The Morgan fingerprint density at radius 2 is 2.23 bits per heavy atom. The van der Waals surface area contributed by atoms with Crippen molar-refractivity contribution in [3.05, 3.63) is 28.0 Å². The Labute approximate surface area is 131 Å². The van der Waals surface area contributed by atoms with Crippen LogP contribution in [0, 0.1) is 0 Å². The summed E-state index contributed by atoms with van der Waals surface area (Å²) in [6.45, 7) is 1.38. The molecular formula is C15H17NO5S. The molecule has 1 spiro atoms. The lowest BCUT2D eigenvalue weighted by molar-refractivity contribution is -0.129. The SMILES string of the molecule is O=C1OCC2(CCN(C(=O)/C=C/c3cc(CO)cs3)CC2)O1. The Morgan fingerprint density at radius 1 is 1.45 bits per heavy atom. The minimum Gasteiger partial charge on any atom is -0.430 e. The average Bonchev–Trinajstić information content (AvgIpc) is 3.13. The topological polar surface area (TPSA) is 76.1 Å². The molecular weight excluding hydrogens is 306 g/mol. The number of carbonyl (C=O) groups is 2. The Balaban J connectivity index is 1.54. The summed E-state index contributed by atoms with van der Waals surface area (Å²) < 4.78 is 10.1. The van der Waals surface area contributed by atoms with Gasteiger partial charge in [0.2, 0.25) is 5.91 Å². The van der Waals surface area contributed by atoms with Crippen LogP contribution in [0.15, 0.2) is 17.5 Å². The molecule has 1 aromatic rings. The number of cyclic esters (lactones) is 1. The highest BCUT2D eigenvalue weighted by molar-refractivity contribution is 7.11. The normalized spacial score (nSPS) is 20.4. The van der Waals surface area contributed by atoms with Gasteiger partial charge in [-0.2, -0.15) is 0 Å². The minimum atomic E-state index is -0.614. The molecule has 0 unspecified atom stereocenters. The predicted octanol–water partition coefficient (Wildman–Crippen LogP) is 1.78. The number of likely N-dealkylation sites (tertiary alicyclic amines) is 1. The molecule has 0 radical (unpaired) electrons. The maximum Gasteiger partial charge on any atom is 0.509 e. The maximum absolute atomic E-state index is 12.2. The quantitative estimate of drug-likeness (QED) is 0.678. The largest absolute Gasteiger partial charge is 0.509 e. The molecule has 0 atom stereocenters. The molecule has 2 fully saturated rings. The van der Waals surface area contributed by atoms with E-state index in [9.17, 15) is 9.59 Å². The van der Waals surface area contributed by atoms with Gasteiger partial charge in [0.1, 0.15) is 6.61 Å². The van der Waals surface area contributed by atoms with E-state index >= 15 is 0 Å². The summed E-state index contributed by atoms with van der Waals surface area (Å²) in [5.74, 6) is -0.0564. The molecule has 1 aromatic heterocycles. The average molecular weight is 323 g/mol. The van der Waals surface area contributed by atoms with Crippen molar-refractivity contribution in [1.29, 1.82) is 0 Å². The molecule has 0 saturated carbocycles. The van der Waals surface area contributed by atoms with Gasteiger partial charge in [-0.15, -0.1) is 11.3 Å². The fraction of sp³-hybridized carbons (Fsp3) is 0.467. The molecule has 3 rings (SSSR count). The molecule has 0 aliphatic carbocycles. The van der Waals surface area contributed by atoms with Gasteiger partial charge in [0, 0.05) is 36.9 Å². The number of piperidine rings is 1. The highest BCUT2D eigenvalue weighted by atomic mass is 32.1. The third-order valence-electron chi connectivity index (χ3n) is 3.99. The number of carbonyl (C=O) groups excluding carboxylic acids is 2. The first-order chi connectivity index (χ1) is 10.6. The second kappa shape index (κ2) is 6.10. The number of rotatable bonds is 3. The molecule has 6 nitrogen and oxygen atoms in total. The zero-order valence-corrected chi connectivity index (χ0v) is 12.8. The molecule has 0 aromatic carbocycles. The lowest BCUT2D eigenvalue weighted by Crippen LogP contribution is -2.47. The molecule has 0 bridgehead atoms. The Hall–Kier alpha value is -1.86. The van der Waals surface area contributed by atoms with Crippen molar-refractivity contribution in [2.75, 3.05) is 19.7 Å². The molecule has 118 valence electrons. The number of amides is 1. The van der Waals surface area contributed by atoms with Crippen molar-refractivity contribution in [2.45, 2.75) is 25.0 Å². The van der Waals surface area contributed by atoms with Crippen molar-refractivity contribution in [3.8, 4) is 0 Å². The molecule has 3 heterocycles. The van der Waals surface area contributed by atoms with E-state index in [-0.39, 0.29) is 19.1 Å². The monoisotopic (exact) mass is 323 g/mol. The van der Waals surface area contributed by atoms with E-state index < -0.39 is 11.8 Å². The number of aliphatic hydroxyl groups is 1. The van der Waals surface area contributed by atoms with Crippen LogP contribution in [0.1, 0.15) is 23.3 Å². The Kier molecular flexibility index (Phi) is 4.17. The van der Waals surface area contributed by atoms with Crippen LogP contribution in [-0.2, 0) is 20.9 Å². The summed E-state index contributed by atoms with van der Waals surface area (Å²) in [6.07, 6.45) is 3.90. The van der Waals surface area contributed by atoms with Gasteiger partial charge in [-0.1, -0.05) is 0 Å². The van der Waals surface area contributed by atoms with Gasteiger partial charge < -0.3 is 19.5 Å². The standard InChI is InChI=1S/C15H17NO5S/c17-8-11-7-12(22-9-11)1-2-13(18)16-5-3-15(4-6-16)10-20-14(19)21-15/h1-2,7,9,17H,3-6,8,10H2/b2-1+. The fourth-order valence-electron chi connectivity index (χ4n) is 2.63. The van der Waals surface area contributed by atoms with Gasteiger partial charge >= 0.3 is 6.16 Å². The summed E-state index contributed by atoms with van der Waals surface area (Å²) in [6, 6.07) is 1.86. The molecule has 22 heavy (non-hydrogen) atoms. The van der Waals surface area contributed by atoms with Gasteiger partial charge in [-0.3, -0.25) is 4.79 Å². The van der Waals surface area contributed by atoms with Gasteiger partial charge in [0.15, 0.2) is 5.60 Å². The highest BCUT2D eigenvalue weighted by Gasteiger charge is 2.45. The van der Waals surface area contributed by atoms with Gasteiger partial charge in [0.25, 0.3) is 0 Å². The first kappa shape index (κ1) is 15.1. The molecule has 2 saturated heterocycles. The second-order valence-electron chi connectivity index (χ2n) is 5.50. The van der Waals surface area contributed by atoms with E-state index in [1.54, 1.807) is 17.1 Å². The number of hydrogen-bond acceptors (Lipinski definition) is 6. The summed E-state index contributed by atoms with van der Waals surface area (Å²) in [5.41, 5.74) is 0.307. The van der Waals surface area contributed by atoms with Crippen LogP contribution in [0.4, 0.5) is 4.79 Å². The Morgan fingerprint density at radius 3 is 2.82 bits per heavy atom. The van der Waals surface area contributed by atoms with Crippen LogP contribution in [0.5, 0.6) is 0 Å². The van der Waals surface area contributed by atoms with Crippen LogP contribution in [-0.4, -0.2) is 47.4 Å². The predicted molar refractivity (Wildman–Crippen MR) is 80.3 cm³/mol. The van der Waals surface area contributed by atoms with Crippen LogP contribution < -0.4 is 0 Å². The summed E-state index contributed by atoms with van der Waals surface area (Å²) in [5, 5.41) is 10.9. The molecule has 1 amide bonds. The van der Waals surface area contributed by atoms with Crippen molar-refractivity contribution in [3.63, 3.8) is 0 Å². The number of nitrogens with zero attached hydrogens (tertiary/aromatic N) is 1. The highest BCUT2D eigenvalue weighted by Crippen LogP contribution is 2.31. The van der Waals surface area contributed by atoms with Crippen molar-refractivity contribution in [1.82, 2.24) is 4.90 Å². The van der Waals surface area contributed by atoms with Gasteiger partial charge in [-0.05, 0) is 23.1 Å². The van der Waals surface area contributed by atoms with Crippen LogP contribution in [0.25, 0.3) is 6.08 Å². The third kappa shape index (κ3) is 3.15. The van der Waals surface area contributed by atoms with E-state index in [2.05, 4.69) is 0 Å². The second-order valence-corrected chi connectivity index (χ2v) is 6.44. The smallest absolute Gasteiger partial charge is 0.430 e. The van der Waals surface area contributed by atoms with E-state index in [1.807, 2.05) is 11.4 Å². The van der Waals surface area contributed by atoms with Crippen molar-refractivity contribution < 1.29 is 24.2 Å². The Bertz CT molecular complexity index is 601. The van der Waals surface area contributed by atoms with Crippen LogP contribution in [0.3, 0.4) is 0 Å². The summed E-state index contributed by atoms with van der Waals surface area (Å²) in [7, 11) is 0. The number of aliphatic hydroxyl groups excluding tert-OH is 1. The van der Waals surface area contributed by atoms with E-state index in [4.69, 9.17) is 14.6 Å². The van der Waals surface area contributed by atoms with Gasteiger partial charge in [-0.25, -0.2) is 4.79 Å². The summed E-state index contributed by atoms with van der Waals surface area (Å²) in [4.78, 5) is 25.9. The lowest BCUT2D eigenvalue weighted by atomic mass is 9.92. The van der Waals surface area contributed by atoms with Gasteiger partial charge in [0.05, 0.1) is 6.61 Å². The first-order valence-corrected chi connectivity index (χ1v) is 7.99. The first-order valence-electron chi connectivity index (χ1n) is 7.11. The molecule has 2 aliphatic heterocycles. The van der Waals surface area contributed by atoms with Crippen LogP contribution in [0.2, 0.25) is 0 Å². The van der Waals surface area contributed by atoms with Crippen LogP contribution >= 0.6 is 11.3 Å². The molecule has 2 aliphatic rings. The number of thiophene rings is 1. The fourth-order valence-corrected chi connectivity index (χ4v) is 3.43. The van der Waals surface area contributed by atoms with Crippen molar-refractivity contribution in [2.24, 2.45) is 0 Å². The maximum atomic E-state index is 12.2. The lowest BCUT2D eigenvalue weighted by Gasteiger charge is -2.35. The third-order valence-corrected chi connectivity index (χ3v) is 4.93. The molecule has 1 N–H and O–H groups in total. The molecule has 7 heteroatoms. The number of hydrogen-bond donors (Lipinski definition) is 1. The van der Waals surface area contributed by atoms with E-state index in [1.165, 1.54) is 11.3 Å². The van der Waals surface area contributed by atoms with Crippen molar-refractivity contribution >= 4 is 29.5 Å². The van der Waals surface area contributed by atoms with E-state index in [0.29, 0.717) is 25.9 Å². The zero-order chi connectivity index (χ0) is 15.6. The zero-order valence-electron chi connectivity index (χ0n) is 12.0. The number of ether oxygens (including phenoxy) is 2. The minimum absolute atomic E-state index is 0.00723. The van der Waals surface area contributed by atoms with E-state index in [0.717, 1.165) is 10.4 Å². The summed E-state index contributed by atoms with van der Waals surface area (Å²) >= 11 is 1.49.